The van der Waals surface area contributed by atoms with E-state index >= 15 is 0 Å². The van der Waals surface area contributed by atoms with Crippen LogP contribution < -0.4 is 0 Å². The largest absolute Gasteiger partial charge is 0.461 e. The Labute approximate surface area is 129 Å². The number of esters is 1. The summed E-state index contributed by atoms with van der Waals surface area (Å²) in [6.45, 7) is 6.76. The molecule has 0 atom stereocenters. The highest BCUT2D eigenvalue weighted by Crippen LogP contribution is 2.29. The van der Waals surface area contributed by atoms with Crippen molar-refractivity contribution in [2.75, 3.05) is 13.2 Å². The Balaban J connectivity index is 1.87. The first-order chi connectivity index (χ1) is 10.2. The maximum atomic E-state index is 11.5. The van der Waals surface area contributed by atoms with Crippen LogP contribution in [0.25, 0.3) is 0 Å². The van der Waals surface area contributed by atoms with Gasteiger partial charge in [0.25, 0.3) is 0 Å². The lowest BCUT2D eigenvalue weighted by atomic mass is 9.88. The Kier molecular flexibility index (Phi) is 6.75. The van der Waals surface area contributed by atoms with Crippen LogP contribution in [-0.2, 0) is 9.53 Å². The first-order valence-corrected chi connectivity index (χ1v) is 8.77. The van der Waals surface area contributed by atoms with Crippen molar-refractivity contribution < 1.29 is 9.53 Å². The molecule has 120 valence electrons. The predicted octanol–water partition coefficient (Wildman–Crippen LogP) is 4.07. The quantitative estimate of drug-likeness (QED) is 0.546. The van der Waals surface area contributed by atoms with E-state index in [2.05, 4.69) is 11.5 Å². The summed E-state index contributed by atoms with van der Waals surface area (Å²) in [5.41, 5.74) is 0.497. The third kappa shape index (κ3) is 5.14. The number of nitrogens with zero attached hydrogens (tertiary/aromatic N) is 1. The third-order valence-corrected chi connectivity index (χ3v) is 5.02. The molecule has 2 rings (SSSR count). The second-order valence-corrected chi connectivity index (χ2v) is 6.74. The number of hydrogen-bond acceptors (Lipinski definition) is 3. The number of carbonyl (C=O) groups is 1. The molecule has 0 amide bonds. The van der Waals surface area contributed by atoms with E-state index in [1.54, 1.807) is 6.92 Å². The van der Waals surface area contributed by atoms with Crippen LogP contribution in [0.15, 0.2) is 12.2 Å². The van der Waals surface area contributed by atoms with Gasteiger partial charge in [-0.25, -0.2) is 4.79 Å². The molecule has 0 N–H and O–H groups in total. The molecule has 0 bridgehead atoms. The zero-order chi connectivity index (χ0) is 15.1. The lowest BCUT2D eigenvalue weighted by Crippen LogP contribution is -2.46. The van der Waals surface area contributed by atoms with Gasteiger partial charge in [0.05, 0.1) is 0 Å². The van der Waals surface area contributed by atoms with Crippen LogP contribution in [0.2, 0.25) is 0 Å². The summed E-state index contributed by atoms with van der Waals surface area (Å²) in [5.74, 6) is -0.248. The second-order valence-electron chi connectivity index (χ2n) is 6.74. The van der Waals surface area contributed by atoms with Gasteiger partial charge in [0.1, 0.15) is 6.61 Å². The van der Waals surface area contributed by atoms with Gasteiger partial charge in [-0.15, -0.1) is 0 Å². The van der Waals surface area contributed by atoms with E-state index in [0.29, 0.717) is 24.3 Å². The van der Waals surface area contributed by atoms with Gasteiger partial charge in [0.15, 0.2) is 0 Å². The second kappa shape index (κ2) is 8.57. The third-order valence-electron chi connectivity index (χ3n) is 5.02. The summed E-state index contributed by atoms with van der Waals surface area (Å²) in [6.07, 6.45) is 13.5. The molecule has 0 unspecified atom stereocenters. The molecule has 0 spiro atoms. The monoisotopic (exact) mass is 293 g/mol. The summed E-state index contributed by atoms with van der Waals surface area (Å²) in [5, 5.41) is 0. The summed E-state index contributed by atoms with van der Waals surface area (Å²) in [4.78, 5) is 14.2. The van der Waals surface area contributed by atoms with Crippen LogP contribution >= 0.6 is 0 Å². The predicted molar refractivity (Wildman–Crippen MR) is 86.2 cm³/mol. The van der Waals surface area contributed by atoms with Gasteiger partial charge >= 0.3 is 5.97 Å². The average molecular weight is 293 g/mol. The number of hydrogen-bond donors (Lipinski definition) is 0. The van der Waals surface area contributed by atoms with Crippen molar-refractivity contribution in [2.45, 2.75) is 83.2 Å². The lowest BCUT2D eigenvalue weighted by Gasteiger charge is -2.41. The highest BCUT2D eigenvalue weighted by atomic mass is 16.5. The van der Waals surface area contributed by atoms with Gasteiger partial charge in [-0.3, -0.25) is 4.90 Å². The van der Waals surface area contributed by atoms with E-state index < -0.39 is 0 Å². The van der Waals surface area contributed by atoms with E-state index in [-0.39, 0.29) is 5.97 Å². The molecule has 2 aliphatic carbocycles. The lowest BCUT2D eigenvalue weighted by molar-refractivity contribution is -0.139. The molecule has 0 aromatic rings. The van der Waals surface area contributed by atoms with Gasteiger partial charge in [-0.05, 0) is 32.6 Å². The summed E-state index contributed by atoms with van der Waals surface area (Å²) in [7, 11) is 0. The first kappa shape index (κ1) is 16.5. The molecule has 0 aromatic carbocycles. The molecule has 2 saturated carbocycles. The molecule has 0 radical (unpaired) electrons. The van der Waals surface area contributed by atoms with Crippen LogP contribution in [0.4, 0.5) is 0 Å². The number of rotatable bonds is 6. The van der Waals surface area contributed by atoms with Gasteiger partial charge in [-0.1, -0.05) is 45.1 Å². The molecule has 21 heavy (non-hydrogen) atoms. The zero-order valence-corrected chi connectivity index (χ0v) is 13.6. The fraction of sp³-hybridized carbons (Fsp3) is 0.833. The van der Waals surface area contributed by atoms with Gasteiger partial charge in [0, 0.05) is 24.2 Å². The molecular weight excluding hydrogens is 262 g/mol. The fourth-order valence-corrected chi connectivity index (χ4v) is 3.86. The maximum absolute atomic E-state index is 11.5. The molecule has 0 heterocycles. The molecule has 2 fully saturated rings. The summed E-state index contributed by atoms with van der Waals surface area (Å²) < 4.78 is 5.34. The van der Waals surface area contributed by atoms with Gasteiger partial charge < -0.3 is 4.74 Å². The van der Waals surface area contributed by atoms with Crippen molar-refractivity contribution in [2.24, 2.45) is 0 Å². The molecule has 2 aliphatic rings. The topological polar surface area (TPSA) is 29.5 Å². The van der Waals surface area contributed by atoms with Gasteiger partial charge in [0.2, 0.25) is 0 Å². The highest BCUT2D eigenvalue weighted by molar-refractivity contribution is 5.86. The van der Waals surface area contributed by atoms with E-state index in [1.165, 1.54) is 64.2 Å². The van der Waals surface area contributed by atoms with Crippen LogP contribution in [0.1, 0.15) is 71.1 Å². The molecule has 0 saturated heterocycles. The highest BCUT2D eigenvalue weighted by Gasteiger charge is 2.28. The van der Waals surface area contributed by atoms with Crippen molar-refractivity contribution in [3.63, 3.8) is 0 Å². The Bertz CT molecular complexity index is 323. The maximum Gasteiger partial charge on any atom is 0.333 e. The molecule has 0 aliphatic heterocycles. The summed E-state index contributed by atoms with van der Waals surface area (Å²) >= 11 is 0. The standard InChI is InChI=1S/C18H31NO2/c1-15(2)18(20)21-14-13-19(16-9-5-3-6-10-16)17-11-7-4-8-12-17/h16-17H,1,3-14H2,2H3. The molecule has 3 heteroatoms. The molecule has 3 nitrogen and oxygen atoms in total. The first-order valence-electron chi connectivity index (χ1n) is 8.77. The smallest absolute Gasteiger partial charge is 0.333 e. The molecule has 0 aromatic heterocycles. The van der Waals surface area contributed by atoms with Crippen molar-refractivity contribution in [3.8, 4) is 0 Å². The van der Waals surface area contributed by atoms with Crippen LogP contribution in [0.3, 0.4) is 0 Å². The summed E-state index contributed by atoms with van der Waals surface area (Å²) in [6, 6.07) is 1.43. The van der Waals surface area contributed by atoms with Crippen molar-refractivity contribution >= 4 is 5.97 Å². The van der Waals surface area contributed by atoms with E-state index in [1.807, 2.05) is 0 Å². The number of carbonyl (C=O) groups excluding carboxylic acids is 1. The Morgan fingerprint density at radius 1 is 1.00 bits per heavy atom. The SMILES string of the molecule is C=C(C)C(=O)OCCN(C1CCCCC1)C1CCCCC1. The zero-order valence-electron chi connectivity index (χ0n) is 13.6. The van der Waals surface area contributed by atoms with E-state index in [9.17, 15) is 4.79 Å². The Hall–Kier alpha value is -0.830. The van der Waals surface area contributed by atoms with Crippen molar-refractivity contribution in [1.82, 2.24) is 4.90 Å². The number of ether oxygens (including phenoxy) is 1. The van der Waals surface area contributed by atoms with Crippen molar-refractivity contribution in [3.05, 3.63) is 12.2 Å². The Morgan fingerprint density at radius 3 is 1.90 bits per heavy atom. The fourth-order valence-electron chi connectivity index (χ4n) is 3.86. The minimum atomic E-state index is -0.248. The van der Waals surface area contributed by atoms with Crippen LogP contribution in [-0.4, -0.2) is 36.1 Å². The van der Waals surface area contributed by atoms with Crippen LogP contribution in [0.5, 0.6) is 0 Å². The Morgan fingerprint density at radius 2 is 1.48 bits per heavy atom. The van der Waals surface area contributed by atoms with E-state index in [4.69, 9.17) is 4.74 Å². The van der Waals surface area contributed by atoms with Gasteiger partial charge in [-0.2, -0.15) is 0 Å². The normalized spacial score (nSPS) is 21.4. The molecular formula is C18H31NO2. The van der Waals surface area contributed by atoms with E-state index in [0.717, 1.165) is 6.54 Å². The minimum absolute atomic E-state index is 0.248. The van der Waals surface area contributed by atoms with Crippen molar-refractivity contribution in [1.29, 1.82) is 0 Å². The minimum Gasteiger partial charge on any atom is -0.461 e. The average Bonchev–Trinajstić information content (AvgIpc) is 2.53. The van der Waals surface area contributed by atoms with Crippen LogP contribution in [0, 0.1) is 0 Å².